The number of hydrogen-bond donors (Lipinski definition) is 9. The normalized spacial score (nSPS) is 26.6. The molecule has 1 aliphatic rings. The monoisotopic (exact) mass is 582 g/mol. The molecule has 2 aromatic rings. The van der Waals surface area contributed by atoms with E-state index in [1.165, 1.54) is 10.9 Å². The van der Waals surface area contributed by atoms with Crippen LogP contribution < -0.4 is 11.1 Å². The van der Waals surface area contributed by atoms with E-state index in [2.05, 4.69) is 33.4 Å². The summed E-state index contributed by atoms with van der Waals surface area (Å²) in [6, 6.07) is 0. The van der Waals surface area contributed by atoms with Gasteiger partial charge in [0, 0.05) is 0 Å². The van der Waals surface area contributed by atoms with E-state index in [9.17, 15) is 28.8 Å². The van der Waals surface area contributed by atoms with Gasteiger partial charge in [-0.05, 0) is 14.0 Å². The van der Waals surface area contributed by atoms with Gasteiger partial charge in [-0.1, -0.05) is 0 Å². The average molecular weight is 582 g/mol. The number of nitrogen functional groups attached to an aromatic ring is 1. The van der Waals surface area contributed by atoms with Gasteiger partial charge in [0.25, 0.3) is 0 Å². The predicted molar refractivity (Wildman–Crippen MR) is 116 cm³/mol. The Bertz CT molecular complexity index is 1170. The van der Waals surface area contributed by atoms with E-state index in [1.807, 2.05) is 0 Å². The first-order valence-electron chi connectivity index (χ1n) is 9.54. The standard InChI is InChI=1S/C10H16N5O13P3.C3H9NO/c11-8-5-9(13-2-12-8)15(3-14-5)10-7(17)6(16)4(26-10)1-25-30(21,22)28-31(23,24)27-29(18,19)20;1-3(5)4-2/h2-4,6-7,10,16-17H,1H2,(H,21,22)(H,23,24)(H2,11,12,13)(H2,18,19,20);3-5H,1-2H3/t4-,6-,7-,10-;/m1./s1. The molecule has 1 saturated heterocycles. The van der Waals surface area contributed by atoms with Crippen molar-refractivity contribution in [1.82, 2.24) is 24.8 Å². The molecule has 0 spiro atoms. The topological polar surface area (TPSA) is 311 Å². The van der Waals surface area contributed by atoms with E-state index < -0.39 is 54.6 Å². The first kappa shape index (κ1) is 30.8. The van der Waals surface area contributed by atoms with Gasteiger partial charge in [0.1, 0.15) is 36.4 Å². The van der Waals surface area contributed by atoms with Crippen LogP contribution in [0.1, 0.15) is 13.2 Å². The molecule has 206 valence electrons. The number of aliphatic hydroxyl groups is 3. The Labute approximate surface area is 202 Å². The van der Waals surface area contributed by atoms with E-state index in [0.717, 1.165) is 6.33 Å². The molecule has 2 aromatic heterocycles. The minimum absolute atomic E-state index is 0.0426. The number of ether oxygens (including phenoxy) is 1. The van der Waals surface area contributed by atoms with Gasteiger partial charge in [-0.2, -0.15) is 8.62 Å². The number of phosphoric acid groups is 3. The molecule has 0 saturated carbocycles. The largest absolute Gasteiger partial charge is 0.490 e. The lowest BCUT2D eigenvalue weighted by Gasteiger charge is -2.19. The van der Waals surface area contributed by atoms with Crippen LogP contribution in [-0.2, 0) is 31.6 Å². The van der Waals surface area contributed by atoms with Crippen molar-refractivity contribution in [2.45, 2.75) is 37.7 Å². The number of rotatable bonds is 9. The summed E-state index contributed by atoms with van der Waals surface area (Å²) in [5.41, 5.74) is 6.00. The van der Waals surface area contributed by atoms with Gasteiger partial charge < -0.3 is 45.4 Å². The van der Waals surface area contributed by atoms with Crippen molar-refractivity contribution in [2.75, 3.05) is 19.4 Å². The zero-order valence-electron chi connectivity index (χ0n) is 18.4. The lowest BCUT2D eigenvalue weighted by atomic mass is 10.1. The van der Waals surface area contributed by atoms with E-state index in [1.54, 1.807) is 14.0 Å². The number of anilines is 1. The summed E-state index contributed by atoms with van der Waals surface area (Å²) < 4.78 is 51.9. The number of imidazole rings is 1. The number of nitrogens with zero attached hydrogens (tertiary/aromatic N) is 4. The summed E-state index contributed by atoms with van der Waals surface area (Å²) in [5, 5.41) is 31.2. The summed E-state index contributed by atoms with van der Waals surface area (Å²) in [5.74, 6) is 0.0426. The van der Waals surface area contributed by atoms with Gasteiger partial charge in [0.2, 0.25) is 0 Å². The SMILES string of the molecule is CNC(C)O.Nc1ncnc2c1ncn2[C@@H]1O[C@H](COP(=O)(O)OP(=O)(O)OP(=O)(O)O)[C@@H](O)[C@H]1O. The number of aliphatic hydroxyl groups excluding tert-OH is 3. The Morgan fingerprint density at radius 2 is 1.72 bits per heavy atom. The van der Waals surface area contributed by atoms with Gasteiger partial charge in [-0.25, -0.2) is 28.6 Å². The first-order chi connectivity index (χ1) is 16.5. The summed E-state index contributed by atoms with van der Waals surface area (Å²) in [6.45, 7) is 0.710. The maximum Gasteiger partial charge on any atom is 0.490 e. The molecule has 3 rings (SSSR count). The Hall–Kier alpha value is -1.44. The highest BCUT2D eigenvalue weighted by atomic mass is 31.3. The van der Waals surface area contributed by atoms with E-state index in [4.69, 9.17) is 30.3 Å². The molecule has 1 aliphatic heterocycles. The van der Waals surface area contributed by atoms with Crippen LogP contribution >= 0.6 is 23.5 Å². The maximum absolute atomic E-state index is 11.8. The Kier molecular flexibility index (Phi) is 10.2. The fourth-order valence-electron chi connectivity index (χ4n) is 2.62. The second kappa shape index (κ2) is 12.0. The highest BCUT2D eigenvalue weighted by Crippen LogP contribution is 2.66. The van der Waals surface area contributed by atoms with Gasteiger partial charge in [0.15, 0.2) is 17.7 Å². The molecule has 0 amide bonds. The summed E-state index contributed by atoms with van der Waals surface area (Å²) >= 11 is 0. The molecule has 23 heteroatoms. The maximum atomic E-state index is 11.8. The van der Waals surface area contributed by atoms with Crippen molar-refractivity contribution < 1.29 is 66.5 Å². The molecule has 0 radical (unpaired) electrons. The fraction of sp³-hybridized carbons (Fsp3) is 0.615. The third kappa shape index (κ3) is 8.56. The minimum atomic E-state index is -5.70. The first-order valence-corrected chi connectivity index (χ1v) is 14.1. The van der Waals surface area contributed by atoms with Crippen LogP contribution in [-0.4, -0.2) is 92.6 Å². The zero-order valence-corrected chi connectivity index (χ0v) is 21.1. The van der Waals surface area contributed by atoms with Crippen LogP contribution in [0.3, 0.4) is 0 Å². The smallest absolute Gasteiger partial charge is 0.387 e. The van der Waals surface area contributed by atoms with Crippen LogP contribution in [0.15, 0.2) is 12.7 Å². The third-order valence-electron chi connectivity index (χ3n) is 4.23. The van der Waals surface area contributed by atoms with Crippen molar-refractivity contribution in [3.05, 3.63) is 12.7 Å². The molecule has 10 N–H and O–H groups in total. The van der Waals surface area contributed by atoms with Crippen LogP contribution in [0.2, 0.25) is 0 Å². The van der Waals surface area contributed by atoms with Crippen molar-refractivity contribution in [3.63, 3.8) is 0 Å². The van der Waals surface area contributed by atoms with Crippen LogP contribution in [0.25, 0.3) is 11.2 Å². The molecule has 7 atom stereocenters. The van der Waals surface area contributed by atoms with Gasteiger partial charge >= 0.3 is 23.5 Å². The second-order valence-electron chi connectivity index (χ2n) is 6.98. The van der Waals surface area contributed by atoms with Crippen LogP contribution in [0.5, 0.6) is 0 Å². The highest BCUT2D eigenvalue weighted by molar-refractivity contribution is 7.66. The van der Waals surface area contributed by atoms with Crippen molar-refractivity contribution in [3.8, 4) is 0 Å². The fourth-order valence-corrected chi connectivity index (χ4v) is 5.65. The van der Waals surface area contributed by atoms with E-state index >= 15 is 0 Å². The Balaban J connectivity index is 0.000000830. The molecular formula is C13H25N6O14P3. The minimum Gasteiger partial charge on any atom is -0.387 e. The second-order valence-corrected chi connectivity index (χ2v) is 11.4. The Morgan fingerprint density at radius 3 is 2.28 bits per heavy atom. The van der Waals surface area contributed by atoms with Gasteiger partial charge in [0.05, 0.1) is 12.9 Å². The molecule has 3 heterocycles. The molecule has 3 unspecified atom stereocenters. The molecule has 0 aliphatic carbocycles. The number of nitrogens with two attached hydrogens (primary N) is 1. The van der Waals surface area contributed by atoms with Crippen LogP contribution in [0, 0.1) is 0 Å². The third-order valence-corrected chi connectivity index (χ3v) is 8.04. The van der Waals surface area contributed by atoms with Crippen molar-refractivity contribution in [2.24, 2.45) is 0 Å². The molecule has 36 heavy (non-hydrogen) atoms. The molecular weight excluding hydrogens is 557 g/mol. The Morgan fingerprint density at radius 1 is 1.11 bits per heavy atom. The summed E-state index contributed by atoms with van der Waals surface area (Å²) in [7, 11) is -15.0. The predicted octanol–water partition coefficient (Wildman–Crippen LogP) is -2.08. The lowest BCUT2D eigenvalue weighted by molar-refractivity contribution is -0.0503. The average Bonchev–Trinajstić information content (AvgIpc) is 3.27. The van der Waals surface area contributed by atoms with Crippen molar-refractivity contribution >= 4 is 40.4 Å². The number of hydrogen-bond acceptors (Lipinski definition) is 15. The number of fused-ring (bicyclic) bond motifs is 1. The number of aromatic nitrogens is 4. The molecule has 1 fully saturated rings. The lowest BCUT2D eigenvalue weighted by Crippen LogP contribution is -2.33. The quantitative estimate of drug-likeness (QED) is 0.113. The van der Waals surface area contributed by atoms with Crippen molar-refractivity contribution in [1.29, 1.82) is 0 Å². The zero-order chi connectivity index (χ0) is 27.5. The van der Waals surface area contributed by atoms with E-state index in [0.29, 0.717) is 0 Å². The number of phosphoric ester groups is 1. The van der Waals surface area contributed by atoms with E-state index in [-0.39, 0.29) is 23.2 Å². The molecule has 20 nitrogen and oxygen atoms in total. The molecule has 0 bridgehead atoms. The summed E-state index contributed by atoms with van der Waals surface area (Å²) in [6.07, 6.45) is -4.06. The highest BCUT2D eigenvalue weighted by Gasteiger charge is 2.47. The van der Waals surface area contributed by atoms with Gasteiger partial charge in [-0.15, -0.1) is 0 Å². The van der Waals surface area contributed by atoms with Gasteiger partial charge in [-0.3, -0.25) is 14.4 Å². The van der Waals surface area contributed by atoms with Crippen LogP contribution in [0.4, 0.5) is 5.82 Å². The number of nitrogens with one attached hydrogen (secondary N) is 1. The molecule has 0 aromatic carbocycles. The summed E-state index contributed by atoms with van der Waals surface area (Å²) in [4.78, 5) is 47.2.